The van der Waals surface area contributed by atoms with Gasteiger partial charge in [0.25, 0.3) is 11.8 Å². The van der Waals surface area contributed by atoms with Gasteiger partial charge in [-0.3, -0.25) is 24.0 Å². The minimum atomic E-state index is -1.14. The van der Waals surface area contributed by atoms with Crippen LogP contribution >= 0.6 is 23.7 Å². The molecule has 5 N–H and O–H groups in total. The number of nitrogens with one attached hydrogen (secondary N) is 3. The number of carbonyl (C=O) groups excluding carboxylic acids is 5. The van der Waals surface area contributed by atoms with Crippen LogP contribution in [0, 0.1) is 11.8 Å². The van der Waals surface area contributed by atoms with Gasteiger partial charge in [-0.25, -0.2) is 4.98 Å². The van der Waals surface area contributed by atoms with Crippen molar-refractivity contribution in [1.29, 1.82) is 0 Å². The van der Waals surface area contributed by atoms with Crippen LogP contribution in [0.15, 0.2) is 35.7 Å². The van der Waals surface area contributed by atoms with E-state index in [4.69, 9.17) is 10.5 Å². The number of amides is 5. The lowest BCUT2D eigenvalue weighted by Gasteiger charge is -2.38. The van der Waals surface area contributed by atoms with Crippen LogP contribution < -0.4 is 21.7 Å². The largest absolute Gasteiger partial charge is 0.360 e. The molecule has 46 heavy (non-hydrogen) atoms. The van der Waals surface area contributed by atoms with Crippen LogP contribution in [-0.2, 0) is 30.3 Å². The van der Waals surface area contributed by atoms with Crippen molar-refractivity contribution in [3.8, 4) is 0 Å². The lowest BCUT2D eigenvalue weighted by Crippen LogP contribution is -2.59. The summed E-state index contributed by atoms with van der Waals surface area (Å²) in [5.41, 5.74) is 7.27. The Labute approximate surface area is 279 Å². The second-order valence-electron chi connectivity index (χ2n) is 12.3. The normalized spacial score (nSPS) is 23.9. The van der Waals surface area contributed by atoms with Crippen molar-refractivity contribution in [2.75, 3.05) is 33.2 Å². The minimum absolute atomic E-state index is 0. The van der Waals surface area contributed by atoms with Crippen molar-refractivity contribution in [2.24, 2.45) is 17.6 Å². The third-order valence-corrected chi connectivity index (χ3v) is 8.86. The molecule has 13 nitrogen and oxygen atoms in total. The number of ether oxygens (including phenoxy) is 1. The van der Waals surface area contributed by atoms with Crippen LogP contribution in [0.25, 0.3) is 0 Å². The lowest BCUT2D eigenvalue weighted by molar-refractivity contribution is -0.148. The highest BCUT2D eigenvalue weighted by atomic mass is 35.5. The molecule has 5 atom stereocenters. The first kappa shape index (κ1) is 36.9. The number of benzene rings is 1. The number of carbonyl (C=O) groups is 5. The molecule has 2 aliphatic rings. The number of likely N-dealkylation sites (N-methyl/N-ethyl adjacent to an activating group) is 1. The molecular weight excluding hydrogens is 634 g/mol. The third-order valence-electron chi connectivity index (χ3n) is 7.91. The Morgan fingerprint density at radius 2 is 1.76 bits per heavy atom. The van der Waals surface area contributed by atoms with E-state index in [2.05, 4.69) is 20.9 Å². The summed E-state index contributed by atoms with van der Waals surface area (Å²) in [4.78, 5) is 74.3. The number of rotatable bonds is 6. The number of nitrogens with zero attached hydrogens (tertiary/aromatic N) is 3. The topological polar surface area (TPSA) is 176 Å². The predicted octanol–water partition coefficient (Wildman–Crippen LogP) is 0.887. The van der Waals surface area contributed by atoms with Crippen molar-refractivity contribution in [1.82, 2.24) is 30.7 Å². The maximum absolute atomic E-state index is 13.7. The number of nitrogens with two attached hydrogens (primary N) is 1. The van der Waals surface area contributed by atoms with Crippen LogP contribution in [0.3, 0.4) is 0 Å². The molecule has 2 aromatic rings. The van der Waals surface area contributed by atoms with Crippen LogP contribution in [0.5, 0.6) is 0 Å². The maximum atomic E-state index is 13.7. The summed E-state index contributed by atoms with van der Waals surface area (Å²) >= 11 is 1.30. The molecule has 0 radical (unpaired) electrons. The second-order valence-corrected chi connectivity index (χ2v) is 13.2. The smallest absolute Gasteiger partial charge is 0.273 e. The lowest BCUT2D eigenvalue weighted by atomic mass is 10.0. The molecule has 1 aromatic heterocycles. The molecule has 5 amide bonds. The Morgan fingerprint density at radius 1 is 1.07 bits per heavy atom. The molecule has 0 saturated carbocycles. The molecule has 252 valence electrons. The fourth-order valence-corrected chi connectivity index (χ4v) is 6.17. The third kappa shape index (κ3) is 9.24. The number of hydrogen-bond donors (Lipinski definition) is 4. The van der Waals surface area contributed by atoms with Gasteiger partial charge in [0.05, 0.1) is 25.2 Å². The van der Waals surface area contributed by atoms with Gasteiger partial charge in [-0.1, -0.05) is 58.0 Å². The van der Waals surface area contributed by atoms with Crippen LogP contribution in [0.1, 0.15) is 54.8 Å². The van der Waals surface area contributed by atoms with E-state index >= 15 is 0 Å². The van der Waals surface area contributed by atoms with Crippen LogP contribution in [0.4, 0.5) is 0 Å². The van der Waals surface area contributed by atoms with E-state index in [1.165, 1.54) is 28.2 Å². The Bertz CT molecular complexity index is 1390. The zero-order valence-electron chi connectivity index (χ0n) is 26.7. The highest BCUT2D eigenvalue weighted by Gasteiger charge is 2.38. The zero-order valence-corrected chi connectivity index (χ0v) is 28.4. The van der Waals surface area contributed by atoms with Gasteiger partial charge in [0.15, 0.2) is 6.10 Å². The fraction of sp³-hybridized carbons (Fsp3) is 0.548. The first-order valence-corrected chi connectivity index (χ1v) is 16.0. The van der Waals surface area contributed by atoms with Gasteiger partial charge in [0.1, 0.15) is 22.8 Å². The van der Waals surface area contributed by atoms with Crippen molar-refractivity contribution in [3.63, 3.8) is 0 Å². The highest BCUT2D eigenvalue weighted by molar-refractivity contribution is 7.09. The Hall–Kier alpha value is -3.59. The monoisotopic (exact) mass is 677 g/mol. The summed E-state index contributed by atoms with van der Waals surface area (Å²) in [5.74, 6) is -2.55. The summed E-state index contributed by atoms with van der Waals surface area (Å²) in [6, 6.07) is 6.98. The van der Waals surface area contributed by atoms with E-state index in [1.807, 2.05) is 44.2 Å². The summed E-state index contributed by atoms with van der Waals surface area (Å²) in [6.07, 6.45) is -1.72. The van der Waals surface area contributed by atoms with Crippen molar-refractivity contribution in [2.45, 2.75) is 64.4 Å². The van der Waals surface area contributed by atoms with Gasteiger partial charge in [0.2, 0.25) is 17.7 Å². The number of morpholine rings is 1. The van der Waals surface area contributed by atoms with Crippen molar-refractivity contribution < 1.29 is 28.7 Å². The predicted molar refractivity (Wildman–Crippen MR) is 175 cm³/mol. The highest BCUT2D eigenvalue weighted by Crippen LogP contribution is 2.24. The average molecular weight is 678 g/mol. The van der Waals surface area contributed by atoms with E-state index in [0.29, 0.717) is 5.01 Å². The molecule has 15 heteroatoms. The second kappa shape index (κ2) is 16.3. The molecule has 0 aliphatic carbocycles. The first-order chi connectivity index (χ1) is 21.3. The molecule has 2 fully saturated rings. The summed E-state index contributed by atoms with van der Waals surface area (Å²) in [7, 11) is 1.47. The molecule has 2 aliphatic heterocycles. The number of fused-ring (bicyclic) bond motifs is 2. The van der Waals surface area contributed by atoms with E-state index in [-0.39, 0.29) is 68.6 Å². The van der Waals surface area contributed by atoms with E-state index in [1.54, 1.807) is 19.2 Å². The number of aromatic nitrogens is 1. The molecule has 0 unspecified atom stereocenters. The fourth-order valence-electron chi connectivity index (χ4n) is 5.20. The molecule has 0 spiro atoms. The van der Waals surface area contributed by atoms with Gasteiger partial charge < -0.3 is 36.2 Å². The Kier molecular flexibility index (Phi) is 13.1. The Morgan fingerprint density at radius 3 is 2.41 bits per heavy atom. The average Bonchev–Trinajstić information content (AvgIpc) is 3.51. The molecule has 4 rings (SSSR count). The molecule has 1 aromatic carbocycles. The summed E-state index contributed by atoms with van der Waals surface area (Å²) in [5, 5.41) is 10.6. The van der Waals surface area contributed by atoms with Gasteiger partial charge >= 0.3 is 0 Å². The SMILES string of the molecule is CC(C)[C@@H]1NC(=O)CN(C)C(=O)[C@@H](Cc2ccccc2)NC(=O)[C@H]2CN(C(=O)c3csc([C@@H](N)C(C)C)n3)C[C@H](CNC1=O)O2.Cl. The minimum Gasteiger partial charge on any atom is -0.360 e. The molecule has 2 bridgehead atoms. The van der Waals surface area contributed by atoms with E-state index in [9.17, 15) is 24.0 Å². The van der Waals surface area contributed by atoms with Crippen molar-refractivity contribution in [3.05, 3.63) is 52.0 Å². The van der Waals surface area contributed by atoms with Gasteiger partial charge in [-0.05, 0) is 17.4 Å². The Balaban J connectivity index is 0.00000576. The van der Waals surface area contributed by atoms with Crippen LogP contribution in [0.2, 0.25) is 0 Å². The number of thiazole rings is 1. The zero-order chi connectivity index (χ0) is 32.8. The molecule has 2 saturated heterocycles. The summed E-state index contributed by atoms with van der Waals surface area (Å²) in [6.45, 7) is 7.22. The maximum Gasteiger partial charge on any atom is 0.273 e. The van der Waals surface area contributed by atoms with Crippen LogP contribution in [-0.4, -0.2) is 102 Å². The first-order valence-electron chi connectivity index (χ1n) is 15.2. The standard InChI is InChI=1S/C31H43N7O6S.ClH/c1-17(2)25(32)29-35-22(16-45-29)31(43)38-13-20-12-33-28(41)26(18(3)4)36-24(39)15-37(5)30(42)21(11-19-9-7-6-8-10-19)34-27(40)23(14-38)44-20;/h6-10,16-18,20-21,23,25-26H,11-15,32H2,1-5H3,(H,33,41)(H,34,40)(H,36,39);1H/t20-,21+,23+,25-,26-;/m0./s1. The van der Waals surface area contributed by atoms with E-state index < -0.39 is 53.8 Å². The van der Waals surface area contributed by atoms with E-state index in [0.717, 1.165) is 5.56 Å². The van der Waals surface area contributed by atoms with Gasteiger partial charge in [-0.15, -0.1) is 23.7 Å². The van der Waals surface area contributed by atoms with Crippen molar-refractivity contribution >= 4 is 53.3 Å². The number of halogens is 1. The quantitative estimate of drug-likeness (QED) is 0.349. The van der Waals surface area contributed by atoms with Gasteiger partial charge in [0, 0.05) is 31.9 Å². The van der Waals surface area contributed by atoms with Gasteiger partial charge in [-0.2, -0.15) is 0 Å². The number of hydrogen-bond acceptors (Lipinski definition) is 9. The summed E-state index contributed by atoms with van der Waals surface area (Å²) < 4.78 is 6.12. The molecular formula is C31H44ClN7O6S. The molecule has 3 heterocycles.